The number of amides is 2. The van der Waals surface area contributed by atoms with Crippen LogP contribution in [-0.4, -0.2) is 32.1 Å². The van der Waals surface area contributed by atoms with Crippen molar-refractivity contribution in [3.63, 3.8) is 0 Å². The van der Waals surface area contributed by atoms with Crippen molar-refractivity contribution < 1.29 is 14.3 Å². The Kier molecular flexibility index (Phi) is 5.88. The van der Waals surface area contributed by atoms with Gasteiger partial charge in [0.2, 0.25) is 11.8 Å². The van der Waals surface area contributed by atoms with Gasteiger partial charge < -0.3 is 15.4 Å². The maximum atomic E-state index is 12.3. The molecule has 0 aromatic heterocycles. The second-order valence-electron chi connectivity index (χ2n) is 4.99. The Labute approximate surface area is 124 Å². The minimum Gasteiger partial charge on any atom is -0.383 e. The minimum absolute atomic E-state index is 0.334. The fourth-order valence-electron chi connectivity index (χ4n) is 1.56. The summed E-state index contributed by atoms with van der Waals surface area (Å²) in [5.41, 5.74) is -0.514. The fourth-order valence-corrected chi connectivity index (χ4v) is 1.56. The van der Waals surface area contributed by atoms with E-state index in [1.165, 1.54) is 21.0 Å². The molecular formula is C15H19N3O3. The van der Waals surface area contributed by atoms with Crippen LogP contribution in [0.15, 0.2) is 24.3 Å². The number of anilines is 1. The molecule has 6 nitrogen and oxygen atoms in total. The summed E-state index contributed by atoms with van der Waals surface area (Å²) < 4.78 is 4.84. The number of methoxy groups -OCH3 is 1. The molecule has 0 radical (unpaired) electrons. The molecule has 0 aliphatic heterocycles. The molecule has 2 amide bonds. The first kappa shape index (κ1) is 16.7. The lowest BCUT2D eigenvalue weighted by atomic mass is 9.90. The van der Waals surface area contributed by atoms with Gasteiger partial charge in [0.05, 0.1) is 17.9 Å². The zero-order valence-electron chi connectivity index (χ0n) is 12.4. The number of rotatable bonds is 6. The molecule has 0 bridgehead atoms. The predicted octanol–water partition coefficient (Wildman–Crippen LogP) is 1.29. The molecule has 1 aromatic carbocycles. The van der Waals surface area contributed by atoms with Crippen molar-refractivity contribution in [2.24, 2.45) is 5.41 Å². The van der Waals surface area contributed by atoms with Gasteiger partial charge in [-0.1, -0.05) is 12.1 Å². The van der Waals surface area contributed by atoms with Gasteiger partial charge in [-0.25, -0.2) is 0 Å². The third-order valence-corrected chi connectivity index (χ3v) is 3.02. The van der Waals surface area contributed by atoms with Crippen molar-refractivity contribution in [1.82, 2.24) is 5.32 Å². The molecule has 0 aliphatic rings. The number of nitrogens with one attached hydrogen (secondary N) is 2. The number of carbonyl (C=O) groups excluding carboxylic acids is 2. The third-order valence-electron chi connectivity index (χ3n) is 3.02. The summed E-state index contributed by atoms with van der Waals surface area (Å²) in [6.45, 7) is 3.76. The molecule has 0 atom stereocenters. The zero-order valence-corrected chi connectivity index (χ0v) is 12.4. The lowest BCUT2D eigenvalue weighted by Crippen LogP contribution is -2.46. The highest BCUT2D eigenvalue weighted by molar-refractivity contribution is 6.10. The molecule has 0 spiro atoms. The van der Waals surface area contributed by atoms with Crippen LogP contribution in [0.1, 0.15) is 19.4 Å². The van der Waals surface area contributed by atoms with E-state index in [9.17, 15) is 9.59 Å². The van der Waals surface area contributed by atoms with Gasteiger partial charge in [0, 0.05) is 13.7 Å². The number of nitriles is 1. The Morgan fingerprint density at radius 1 is 1.29 bits per heavy atom. The fraction of sp³-hybridized carbons (Fsp3) is 0.400. The molecule has 2 N–H and O–H groups in total. The van der Waals surface area contributed by atoms with Crippen molar-refractivity contribution in [3.05, 3.63) is 29.8 Å². The number of nitrogens with zero attached hydrogens (tertiary/aromatic N) is 1. The predicted molar refractivity (Wildman–Crippen MR) is 78.5 cm³/mol. The summed E-state index contributed by atoms with van der Waals surface area (Å²) in [6, 6.07) is 8.63. The first-order valence-corrected chi connectivity index (χ1v) is 6.51. The lowest BCUT2D eigenvalue weighted by molar-refractivity contribution is -0.138. The van der Waals surface area contributed by atoms with Crippen LogP contribution in [0.25, 0.3) is 0 Å². The molecule has 112 valence electrons. The summed E-state index contributed by atoms with van der Waals surface area (Å²) in [5, 5.41) is 14.2. The summed E-state index contributed by atoms with van der Waals surface area (Å²) in [4.78, 5) is 24.3. The summed E-state index contributed by atoms with van der Waals surface area (Å²) >= 11 is 0. The highest BCUT2D eigenvalue weighted by Gasteiger charge is 2.36. The van der Waals surface area contributed by atoms with Crippen LogP contribution in [0.4, 0.5) is 5.69 Å². The quantitative estimate of drug-likeness (QED) is 0.609. The van der Waals surface area contributed by atoms with E-state index < -0.39 is 17.2 Å². The molecule has 21 heavy (non-hydrogen) atoms. The van der Waals surface area contributed by atoms with Gasteiger partial charge >= 0.3 is 0 Å². The van der Waals surface area contributed by atoms with Gasteiger partial charge in [-0.15, -0.1) is 0 Å². The van der Waals surface area contributed by atoms with Crippen LogP contribution < -0.4 is 10.6 Å². The van der Waals surface area contributed by atoms with Gasteiger partial charge in [-0.2, -0.15) is 5.26 Å². The number of para-hydroxylation sites is 1. The Balaban J connectivity index is 2.77. The van der Waals surface area contributed by atoms with E-state index in [0.29, 0.717) is 24.4 Å². The van der Waals surface area contributed by atoms with E-state index in [1.54, 1.807) is 24.3 Å². The van der Waals surface area contributed by atoms with Crippen molar-refractivity contribution in [3.8, 4) is 6.07 Å². The standard InChI is InChI=1S/C15H19N3O3/c1-15(2,13(19)17-8-9-21-3)14(20)18-12-7-5-4-6-11(12)10-16/h4-7H,8-9H2,1-3H3,(H,17,19)(H,18,20). The van der Waals surface area contributed by atoms with E-state index >= 15 is 0 Å². The molecule has 0 saturated heterocycles. The minimum atomic E-state index is -1.25. The Morgan fingerprint density at radius 2 is 1.95 bits per heavy atom. The van der Waals surface area contributed by atoms with E-state index in [4.69, 9.17) is 10.00 Å². The maximum absolute atomic E-state index is 12.3. The topological polar surface area (TPSA) is 91.2 Å². The Hall–Kier alpha value is -2.39. The number of benzene rings is 1. The normalized spacial score (nSPS) is 10.6. The van der Waals surface area contributed by atoms with Crippen LogP contribution >= 0.6 is 0 Å². The van der Waals surface area contributed by atoms with Crippen molar-refractivity contribution in [2.75, 3.05) is 25.6 Å². The van der Waals surface area contributed by atoms with Gasteiger partial charge in [0.1, 0.15) is 11.5 Å². The Morgan fingerprint density at radius 3 is 2.57 bits per heavy atom. The van der Waals surface area contributed by atoms with Crippen molar-refractivity contribution in [2.45, 2.75) is 13.8 Å². The Bertz CT molecular complexity index is 562. The molecule has 0 heterocycles. The van der Waals surface area contributed by atoms with Gasteiger partial charge in [0.25, 0.3) is 0 Å². The van der Waals surface area contributed by atoms with E-state index in [2.05, 4.69) is 10.6 Å². The largest absolute Gasteiger partial charge is 0.383 e. The number of carbonyl (C=O) groups is 2. The van der Waals surface area contributed by atoms with Crippen molar-refractivity contribution in [1.29, 1.82) is 5.26 Å². The average molecular weight is 289 g/mol. The molecule has 0 saturated carbocycles. The molecule has 1 rings (SSSR count). The SMILES string of the molecule is COCCNC(=O)C(C)(C)C(=O)Nc1ccccc1C#N. The lowest BCUT2D eigenvalue weighted by Gasteiger charge is -2.22. The molecular weight excluding hydrogens is 270 g/mol. The first-order chi connectivity index (χ1) is 9.93. The number of ether oxygens (including phenoxy) is 1. The highest BCUT2D eigenvalue weighted by Crippen LogP contribution is 2.21. The van der Waals surface area contributed by atoms with Crippen LogP contribution in [0, 0.1) is 16.7 Å². The maximum Gasteiger partial charge on any atom is 0.239 e. The second kappa shape index (κ2) is 7.41. The van der Waals surface area contributed by atoms with E-state index in [-0.39, 0.29) is 0 Å². The van der Waals surface area contributed by atoms with Crippen LogP contribution in [0.5, 0.6) is 0 Å². The molecule has 0 unspecified atom stereocenters. The van der Waals surface area contributed by atoms with Gasteiger partial charge in [-0.3, -0.25) is 9.59 Å². The van der Waals surface area contributed by atoms with Crippen LogP contribution in [-0.2, 0) is 14.3 Å². The monoisotopic (exact) mass is 289 g/mol. The van der Waals surface area contributed by atoms with E-state index in [1.807, 2.05) is 6.07 Å². The summed E-state index contributed by atoms with van der Waals surface area (Å²) in [5.74, 6) is -0.869. The smallest absolute Gasteiger partial charge is 0.239 e. The summed E-state index contributed by atoms with van der Waals surface area (Å²) in [6.07, 6.45) is 0. The molecule has 0 aliphatic carbocycles. The zero-order chi connectivity index (χ0) is 15.9. The van der Waals surface area contributed by atoms with Gasteiger partial charge in [-0.05, 0) is 26.0 Å². The third kappa shape index (κ3) is 4.29. The molecule has 0 fully saturated rings. The van der Waals surface area contributed by atoms with E-state index in [0.717, 1.165) is 0 Å². The van der Waals surface area contributed by atoms with Crippen LogP contribution in [0.2, 0.25) is 0 Å². The van der Waals surface area contributed by atoms with Gasteiger partial charge in [0.15, 0.2) is 0 Å². The molecule has 1 aromatic rings. The number of hydrogen-bond acceptors (Lipinski definition) is 4. The van der Waals surface area contributed by atoms with Crippen molar-refractivity contribution >= 4 is 17.5 Å². The molecule has 6 heteroatoms. The highest BCUT2D eigenvalue weighted by atomic mass is 16.5. The summed E-state index contributed by atoms with van der Waals surface area (Å²) in [7, 11) is 1.53. The first-order valence-electron chi connectivity index (χ1n) is 6.51. The van der Waals surface area contributed by atoms with Crippen LogP contribution in [0.3, 0.4) is 0 Å². The number of hydrogen-bond donors (Lipinski definition) is 2. The average Bonchev–Trinajstić information content (AvgIpc) is 2.47. The second-order valence-corrected chi connectivity index (χ2v) is 4.99.